The van der Waals surface area contributed by atoms with Crippen molar-refractivity contribution in [3.8, 4) is 0 Å². The van der Waals surface area contributed by atoms with Crippen LogP contribution in [0.4, 0.5) is 0 Å². The summed E-state index contributed by atoms with van der Waals surface area (Å²) >= 11 is 0. The van der Waals surface area contributed by atoms with Crippen molar-refractivity contribution in [3.05, 3.63) is 35.4 Å². The van der Waals surface area contributed by atoms with Crippen LogP contribution < -0.4 is 10.6 Å². The third kappa shape index (κ3) is 5.80. The molecule has 0 radical (unpaired) electrons. The van der Waals surface area contributed by atoms with E-state index in [0.717, 1.165) is 64.3 Å². The molecule has 138 valence electrons. The first-order valence-electron chi connectivity index (χ1n) is 9.69. The largest absolute Gasteiger partial charge is 0.352 e. The Bertz CT molecular complexity index is 531. The summed E-state index contributed by atoms with van der Waals surface area (Å²) in [5, 5.41) is 6.50. The molecular weight excluding hydrogens is 312 g/mol. The van der Waals surface area contributed by atoms with Gasteiger partial charge < -0.3 is 15.5 Å². The highest BCUT2D eigenvalue weighted by Gasteiger charge is 2.15. The summed E-state index contributed by atoms with van der Waals surface area (Å²) in [5.74, 6) is 0.759. The number of piperidine rings is 1. The number of benzene rings is 1. The average molecular weight is 345 g/mol. The zero-order valence-corrected chi connectivity index (χ0v) is 15.5. The van der Waals surface area contributed by atoms with Crippen LogP contribution in [0, 0.1) is 5.92 Å². The Balaban J connectivity index is 1.40. The molecule has 0 saturated carbocycles. The van der Waals surface area contributed by atoms with E-state index in [-0.39, 0.29) is 5.91 Å². The topological polar surface area (TPSA) is 47.6 Å². The van der Waals surface area contributed by atoms with Crippen molar-refractivity contribution >= 4 is 5.91 Å². The van der Waals surface area contributed by atoms with Gasteiger partial charge in [-0.15, -0.1) is 0 Å². The van der Waals surface area contributed by atoms with E-state index >= 15 is 0 Å². The van der Waals surface area contributed by atoms with Gasteiger partial charge in [-0.05, 0) is 63.0 Å². The molecule has 1 unspecified atom stereocenters. The first-order valence-corrected chi connectivity index (χ1v) is 9.69. The molecule has 2 aliphatic rings. The predicted octanol–water partition coefficient (Wildman–Crippen LogP) is 1.55. The van der Waals surface area contributed by atoms with Crippen molar-refractivity contribution < 1.29 is 4.79 Å². The van der Waals surface area contributed by atoms with Gasteiger partial charge in [0.1, 0.15) is 0 Å². The molecular formula is C20H32N4O. The fourth-order valence-corrected chi connectivity index (χ4v) is 3.69. The first kappa shape index (κ1) is 18.4. The van der Waals surface area contributed by atoms with Crippen LogP contribution in [0.3, 0.4) is 0 Å². The summed E-state index contributed by atoms with van der Waals surface area (Å²) in [7, 11) is 2.18. The maximum absolute atomic E-state index is 12.3. The van der Waals surface area contributed by atoms with Gasteiger partial charge >= 0.3 is 0 Å². The third-order valence-electron chi connectivity index (χ3n) is 5.46. The van der Waals surface area contributed by atoms with E-state index in [2.05, 4.69) is 39.6 Å². The smallest absolute Gasteiger partial charge is 0.251 e. The molecule has 0 aromatic heterocycles. The van der Waals surface area contributed by atoms with Crippen LogP contribution in [0.15, 0.2) is 24.3 Å². The van der Waals surface area contributed by atoms with Crippen LogP contribution in [-0.4, -0.2) is 68.6 Å². The second-order valence-electron chi connectivity index (χ2n) is 7.53. The zero-order valence-electron chi connectivity index (χ0n) is 15.5. The minimum absolute atomic E-state index is 0.0508. The fourth-order valence-electron chi connectivity index (χ4n) is 3.69. The molecule has 1 aromatic carbocycles. The molecule has 25 heavy (non-hydrogen) atoms. The highest BCUT2D eigenvalue weighted by molar-refractivity contribution is 5.94. The zero-order chi connectivity index (χ0) is 17.5. The molecule has 2 fully saturated rings. The van der Waals surface area contributed by atoms with Gasteiger partial charge in [0, 0.05) is 44.8 Å². The van der Waals surface area contributed by atoms with E-state index in [4.69, 9.17) is 0 Å². The van der Waals surface area contributed by atoms with E-state index in [0.29, 0.717) is 5.92 Å². The summed E-state index contributed by atoms with van der Waals surface area (Å²) in [6.45, 7) is 8.50. The first-order chi connectivity index (χ1) is 12.2. The van der Waals surface area contributed by atoms with Gasteiger partial charge in [0.25, 0.3) is 5.91 Å². The lowest BCUT2D eigenvalue weighted by Gasteiger charge is -2.32. The van der Waals surface area contributed by atoms with E-state index in [1.165, 1.54) is 18.4 Å². The molecule has 0 aliphatic carbocycles. The van der Waals surface area contributed by atoms with Crippen LogP contribution in [-0.2, 0) is 6.54 Å². The number of piperazine rings is 1. The highest BCUT2D eigenvalue weighted by atomic mass is 16.1. The number of nitrogens with zero attached hydrogens (tertiary/aromatic N) is 2. The molecule has 0 spiro atoms. The Labute approximate surface area is 151 Å². The Morgan fingerprint density at radius 2 is 1.96 bits per heavy atom. The highest BCUT2D eigenvalue weighted by Crippen LogP contribution is 2.13. The molecule has 1 aromatic rings. The van der Waals surface area contributed by atoms with Crippen LogP contribution in [0.5, 0.6) is 0 Å². The molecule has 3 rings (SSSR count). The van der Waals surface area contributed by atoms with Crippen molar-refractivity contribution in [1.82, 2.24) is 20.4 Å². The molecule has 2 saturated heterocycles. The van der Waals surface area contributed by atoms with E-state index < -0.39 is 0 Å². The number of hydrogen-bond donors (Lipinski definition) is 2. The number of rotatable bonds is 6. The van der Waals surface area contributed by atoms with E-state index in [1.807, 2.05) is 12.1 Å². The van der Waals surface area contributed by atoms with Crippen molar-refractivity contribution in [3.63, 3.8) is 0 Å². The Hall–Kier alpha value is -1.43. The summed E-state index contributed by atoms with van der Waals surface area (Å²) in [6.07, 6.45) is 3.61. The Kier molecular flexibility index (Phi) is 6.84. The maximum Gasteiger partial charge on any atom is 0.251 e. The Morgan fingerprint density at radius 3 is 2.64 bits per heavy atom. The summed E-state index contributed by atoms with van der Waals surface area (Å²) in [6, 6.07) is 8.11. The normalized spacial score (nSPS) is 22.7. The van der Waals surface area contributed by atoms with Crippen molar-refractivity contribution in [2.45, 2.75) is 25.8 Å². The summed E-state index contributed by atoms with van der Waals surface area (Å²) < 4.78 is 0. The second kappa shape index (κ2) is 9.32. The van der Waals surface area contributed by atoms with Gasteiger partial charge in [0.2, 0.25) is 0 Å². The molecule has 0 bridgehead atoms. The van der Waals surface area contributed by atoms with Crippen LogP contribution in [0.25, 0.3) is 0 Å². The monoisotopic (exact) mass is 344 g/mol. The molecule has 1 atom stereocenters. The Morgan fingerprint density at radius 1 is 1.20 bits per heavy atom. The number of amides is 1. The van der Waals surface area contributed by atoms with Gasteiger partial charge in [0.15, 0.2) is 0 Å². The SMILES string of the molecule is CN1CCN(Cc2ccc(C(=O)NCCC3CCCNC3)cc2)CC1. The molecule has 5 nitrogen and oxygen atoms in total. The number of carbonyl (C=O) groups is 1. The van der Waals surface area contributed by atoms with Gasteiger partial charge in [-0.25, -0.2) is 0 Å². The quantitative estimate of drug-likeness (QED) is 0.822. The minimum atomic E-state index is 0.0508. The molecule has 1 amide bonds. The number of nitrogens with one attached hydrogen (secondary N) is 2. The summed E-state index contributed by atoms with van der Waals surface area (Å²) in [4.78, 5) is 17.1. The predicted molar refractivity (Wildman–Crippen MR) is 102 cm³/mol. The number of likely N-dealkylation sites (N-methyl/N-ethyl adjacent to an activating group) is 1. The fraction of sp³-hybridized carbons (Fsp3) is 0.650. The average Bonchev–Trinajstić information content (AvgIpc) is 2.65. The van der Waals surface area contributed by atoms with Crippen molar-refractivity contribution in [2.24, 2.45) is 5.92 Å². The molecule has 5 heteroatoms. The van der Waals surface area contributed by atoms with Gasteiger partial charge in [0.05, 0.1) is 0 Å². The van der Waals surface area contributed by atoms with Crippen LogP contribution >= 0.6 is 0 Å². The van der Waals surface area contributed by atoms with Gasteiger partial charge in [-0.1, -0.05) is 12.1 Å². The van der Waals surface area contributed by atoms with Crippen LogP contribution in [0.2, 0.25) is 0 Å². The van der Waals surface area contributed by atoms with E-state index in [1.54, 1.807) is 0 Å². The van der Waals surface area contributed by atoms with E-state index in [9.17, 15) is 4.79 Å². The standard InChI is InChI=1S/C20H32N4O/c1-23-11-13-24(14-12-23)16-18-4-6-19(7-5-18)20(25)22-10-8-17-3-2-9-21-15-17/h4-7,17,21H,2-3,8-16H2,1H3,(H,22,25). The lowest BCUT2D eigenvalue weighted by atomic mass is 9.96. The van der Waals surface area contributed by atoms with Gasteiger partial charge in [-0.2, -0.15) is 0 Å². The lowest BCUT2D eigenvalue weighted by molar-refractivity contribution is 0.0950. The van der Waals surface area contributed by atoms with Crippen molar-refractivity contribution in [1.29, 1.82) is 0 Å². The number of hydrogen-bond acceptors (Lipinski definition) is 4. The minimum Gasteiger partial charge on any atom is -0.352 e. The molecule has 2 aliphatic heterocycles. The maximum atomic E-state index is 12.3. The van der Waals surface area contributed by atoms with Crippen LogP contribution in [0.1, 0.15) is 35.2 Å². The van der Waals surface area contributed by atoms with Crippen molar-refractivity contribution in [2.75, 3.05) is 52.9 Å². The third-order valence-corrected chi connectivity index (χ3v) is 5.46. The number of carbonyl (C=O) groups excluding carboxylic acids is 1. The lowest BCUT2D eigenvalue weighted by Crippen LogP contribution is -2.43. The van der Waals surface area contributed by atoms with Gasteiger partial charge in [-0.3, -0.25) is 9.69 Å². The molecule has 2 heterocycles. The second-order valence-corrected chi connectivity index (χ2v) is 7.53. The molecule has 2 N–H and O–H groups in total. The summed E-state index contributed by atoms with van der Waals surface area (Å²) in [5.41, 5.74) is 2.05.